The number of benzene rings is 2. The molecule has 106 valence electrons. The molecule has 1 fully saturated rings. The molecule has 0 aliphatic carbocycles. The van der Waals surface area contributed by atoms with Gasteiger partial charge in [-0.3, -0.25) is 0 Å². The van der Waals surface area contributed by atoms with E-state index in [2.05, 4.69) is 10.2 Å². The number of piperazine rings is 1. The highest BCUT2D eigenvalue weighted by Crippen LogP contribution is 2.34. The Morgan fingerprint density at radius 2 is 1.75 bits per heavy atom. The average Bonchev–Trinajstić information content (AvgIpc) is 2.46. The second-order valence-electron chi connectivity index (χ2n) is 4.95. The van der Waals surface area contributed by atoms with Crippen molar-refractivity contribution in [3.05, 3.63) is 42.0 Å². The van der Waals surface area contributed by atoms with Crippen LogP contribution in [-0.4, -0.2) is 26.2 Å². The lowest BCUT2D eigenvalue weighted by Gasteiger charge is -2.30. The molecular weight excluding hydrogens is 265 g/mol. The molecule has 0 bridgehead atoms. The van der Waals surface area contributed by atoms with Gasteiger partial charge in [0.15, 0.2) is 0 Å². The van der Waals surface area contributed by atoms with E-state index >= 15 is 0 Å². The number of nitrogens with one attached hydrogen (secondary N) is 1. The zero-order chi connectivity index (χ0) is 14.2. The minimum atomic E-state index is -4.30. The van der Waals surface area contributed by atoms with Crippen molar-refractivity contribution in [1.82, 2.24) is 5.32 Å². The van der Waals surface area contributed by atoms with E-state index in [1.165, 1.54) is 6.07 Å². The molecule has 0 aromatic heterocycles. The molecule has 5 heteroatoms. The number of nitrogens with zero attached hydrogens (tertiary/aromatic N) is 1. The summed E-state index contributed by atoms with van der Waals surface area (Å²) in [5.41, 5.74) is 0.294. The van der Waals surface area contributed by atoms with Crippen molar-refractivity contribution in [1.29, 1.82) is 0 Å². The SMILES string of the molecule is FC(F)(F)c1ccc2cccc(N3CCNCC3)c2c1. The summed E-state index contributed by atoms with van der Waals surface area (Å²) in [6, 6.07) is 9.59. The minimum Gasteiger partial charge on any atom is -0.368 e. The van der Waals surface area contributed by atoms with Gasteiger partial charge in [0.2, 0.25) is 0 Å². The lowest BCUT2D eigenvalue weighted by atomic mass is 10.0. The number of anilines is 1. The summed E-state index contributed by atoms with van der Waals surface area (Å²) in [6.45, 7) is 3.34. The first-order valence-corrected chi connectivity index (χ1v) is 6.61. The molecule has 0 spiro atoms. The first-order valence-electron chi connectivity index (χ1n) is 6.61. The summed E-state index contributed by atoms with van der Waals surface area (Å²) in [4.78, 5) is 2.14. The summed E-state index contributed by atoms with van der Waals surface area (Å²) in [7, 11) is 0. The maximum Gasteiger partial charge on any atom is 0.416 e. The molecule has 1 saturated heterocycles. The van der Waals surface area contributed by atoms with Gasteiger partial charge in [0.05, 0.1) is 5.56 Å². The number of hydrogen-bond acceptors (Lipinski definition) is 2. The number of alkyl halides is 3. The largest absolute Gasteiger partial charge is 0.416 e. The highest BCUT2D eigenvalue weighted by atomic mass is 19.4. The molecule has 0 radical (unpaired) electrons. The molecule has 1 aliphatic heterocycles. The molecule has 20 heavy (non-hydrogen) atoms. The van der Waals surface area contributed by atoms with Gasteiger partial charge in [0, 0.05) is 37.3 Å². The fourth-order valence-electron chi connectivity index (χ4n) is 2.61. The molecule has 2 nitrogen and oxygen atoms in total. The van der Waals surface area contributed by atoms with Gasteiger partial charge in [-0.25, -0.2) is 0 Å². The van der Waals surface area contributed by atoms with Crippen LogP contribution in [0.25, 0.3) is 10.8 Å². The van der Waals surface area contributed by atoms with E-state index < -0.39 is 11.7 Å². The summed E-state index contributed by atoms with van der Waals surface area (Å²) < 4.78 is 38.6. The Hall–Kier alpha value is -1.75. The summed E-state index contributed by atoms with van der Waals surface area (Å²) >= 11 is 0. The fraction of sp³-hybridized carbons (Fsp3) is 0.333. The van der Waals surface area contributed by atoms with E-state index in [1.807, 2.05) is 18.2 Å². The van der Waals surface area contributed by atoms with Crippen molar-refractivity contribution in [2.75, 3.05) is 31.1 Å². The van der Waals surface area contributed by atoms with Crippen LogP contribution in [0.5, 0.6) is 0 Å². The third-order valence-corrected chi connectivity index (χ3v) is 3.64. The van der Waals surface area contributed by atoms with Crippen LogP contribution in [0, 0.1) is 0 Å². The average molecular weight is 280 g/mol. The third kappa shape index (κ3) is 2.45. The first kappa shape index (κ1) is 13.2. The highest BCUT2D eigenvalue weighted by Gasteiger charge is 2.30. The fourth-order valence-corrected chi connectivity index (χ4v) is 2.61. The van der Waals surface area contributed by atoms with Crippen LogP contribution in [0.4, 0.5) is 18.9 Å². The smallest absolute Gasteiger partial charge is 0.368 e. The first-order chi connectivity index (χ1) is 9.55. The van der Waals surface area contributed by atoms with Crippen LogP contribution in [0.2, 0.25) is 0 Å². The third-order valence-electron chi connectivity index (χ3n) is 3.64. The number of hydrogen-bond donors (Lipinski definition) is 1. The van der Waals surface area contributed by atoms with Gasteiger partial charge < -0.3 is 10.2 Å². The Morgan fingerprint density at radius 3 is 2.45 bits per heavy atom. The quantitative estimate of drug-likeness (QED) is 0.862. The van der Waals surface area contributed by atoms with Crippen LogP contribution in [0.3, 0.4) is 0 Å². The number of rotatable bonds is 1. The lowest BCUT2D eigenvalue weighted by Crippen LogP contribution is -2.43. The van der Waals surface area contributed by atoms with Gasteiger partial charge in [-0.1, -0.05) is 18.2 Å². The monoisotopic (exact) mass is 280 g/mol. The van der Waals surface area contributed by atoms with Crippen LogP contribution in [0.1, 0.15) is 5.56 Å². The Kier molecular flexibility index (Phi) is 3.30. The second kappa shape index (κ2) is 4.98. The molecule has 3 rings (SSSR count). The molecule has 1 N–H and O–H groups in total. The Morgan fingerprint density at radius 1 is 1.00 bits per heavy atom. The molecule has 0 amide bonds. The summed E-state index contributed by atoms with van der Waals surface area (Å²) in [5.74, 6) is 0. The van der Waals surface area contributed by atoms with Gasteiger partial charge in [0.25, 0.3) is 0 Å². The molecule has 0 saturated carbocycles. The van der Waals surface area contributed by atoms with Gasteiger partial charge >= 0.3 is 6.18 Å². The van der Waals surface area contributed by atoms with Crippen LogP contribution in [0.15, 0.2) is 36.4 Å². The minimum absolute atomic E-state index is 0.590. The van der Waals surface area contributed by atoms with Gasteiger partial charge in [-0.2, -0.15) is 13.2 Å². The van der Waals surface area contributed by atoms with E-state index in [0.29, 0.717) is 5.39 Å². The standard InChI is InChI=1S/C15H15F3N2/c16-15(17,18)12-5-4-11-2-1-3-14(13(11)10-12)20-8-6-19-7-9-20/h1-5,10,19H,6-9H2. The maximum absolute atomic E-state index is 12.9. The van der Waals surface area contributed by atoms with E-state index in [4.69, 9.17) is 0 Å². The predicted octanol–water partition coefficient (Wildman–Crippen LogP) is 3.27. The summed E-state index contributed by atoms with van der Waals surface area (Å²) in [6.07, 6.45) is -4.30. The zero-order valence-electron chi connectivity index (χ0n) is 10.9. The van der Waals surface area contributed by atoms with Gasteiger partial charge in [0.1, 0.15) is 0 Å². The van der Waals surface area contributed by atoms with Crippen LogP contribution in [-0.2, 0) is 6.18 Å². The molecule has 0 atom stereocenters. The van der Waals surface area contributed by atoms with Crippen LogP contribution < -0.4 is 10.2 Å². The number of fused-ring (bicyclic) bond motifs is 1. The van der Waals surface area contributed by atoms with Crippen molar-refractivity contribution in [3.63, 3.8) is 0 Å². The van der Waals surface area contributed by atoms with Crippen molar-refractivity contribution >= 4 is 16.5 Å². The highest BCUT2D eigenvalue weighted by molar-refractivity contribution is 5.95. The van der Waals surface area contributed by atoms with Crippen molar-refractivity contribution in [2.45, 2.75) is 6.18 Å². The van der Waals surface area contributed by atoms with E-state index in [9.17, 15) is 13.2 Å². The molecular formula is C15H15F3N2. The number of halogens is 3. The lowest BCUT2D eigenvalue weighted by molar-refractivity contribution is -0.137. The van der Waals surface area contributed by atoms with Gasteiger partial charge in [-0.05, 0) is 23.6 Å². The van der Waals surface area contributed by atoms with Crippen molar-refractivity contribution in [2.24, 2.45) is 0 Å². The molecule has 2 aromatic carbocycles. The normalized spacial score (nSPS) is 16.6. The Bertz CT molecular complexity index is 616. The Balaban J connectivity index is 2.11. The topological polar surface area (TPSA) is 15.3 Å². The van der Waals surface area contributed by atoms with E-state index in [1.54, 1.807) is 6.07 Å². The second-order valence-corrected chi connectivity index (χ2v) is 4.95. The molecule has 1 heterocycles. The van der Waals surface area contributed by atoms with E-state index in [-0.39, 0.29) is 0 Å². The van der Waals surface area contributed by atoms with Gasteiger partial charge in [-0.15, -0.1) is 0 Å². The molecule has 1 aliphatic rings. The predicted molar refractivity (Wildman–Crippen MR) is 74.0 cm³/mol. The van der Waals surface area contributed by atoms with E-state index in [0.717, 1.165) is 43.3 Å². The zero-order valence-corrected chi connectivity index (χ0v) is 10.9. The summed E-state index contributed by atoms with van der Waals surface area (Å²) in [5, 5.41) is 4.76. The van der Waals surface area contributed by atoms with Crippen LogP contribution >= 0.6 is 0 Å². The maximum atomic E-state index is 12.9. The Labute approximate surface area is 115 Å². The van der Waals surface area contributed by atoms with Crippen molar-refractivity contribution < 1.29 is 13.2 Å². The molecule has 2 aromatic rings. The van der Waals surface area contributed by atoms with Crippen molar-refractivity contribution in [3.8, 4) is 0 Å². The molecule has 0 unspecified atom stereocenters.